The van der Waals surface area contributed by atoms with Crippen molar-refractivity contribution >= 4 is 17.5 Å². The average Bonchev–Trinajstić information content (AvgIpc) is 2.90. The second kappa shape index (κ2) is 6.68. The second-order valence-corrected chi connectivity index (χ2v) is 5.75. The lowest BCUT2D eigenvalue weighted by molar-refractivity contribution is -0.00461. The first-order chi connectivity index (χ1) is 9.97. The maximum Gasteiger partial charge on any atom is 0.274 e. The standard InChI is InChI=1S/C14H20ClN3O3/c1-8(2)13-16-5-9(15)12(17-13)14(19)18-6-10(20-3)11(7-18)21-4/h5,8,10-11H,6-7H2,1-4H3. The van der Waals surface area contributed by atoms with Gasteiger partial charge in [0.05, 0.1) is 11.2 Å². The first-order valence-electron chi connectivity index (χ1n) is 6.85. The van der Waals surface area contributed by atoms with Crippen molar-refractivity contribution in [3.8, 4) is 0 Å². The highest BCUT2D eigenvalue weighted by molar-refractivity contribution is 6.33. The van der Waals surface area contributed by atoms with Crippen molar-refractivity contribution in [1.29, 1.82) is 0 Å². The molecule has 6 nitrogen and oxygen atoms in total. The zero-order chi connectivity index (χ0) is 15.6. The molecule has 1 aliphatic heterocycles. The minimum Gasteiger partial charge on any atom is -0.377 e. The number of rotatable bonds is 4. The number of methoxy groups -OCH3 is 2. The van der Waals surface area contributed by atoms with Gasteiger partial charge in [-0.05, 0) is 0 Å². The summed E-state index contributed by atoms with van der Waals surface area (Å²) in [7, 11) is 3.22. The van der Waals surface area contributed by atoms with Gasteiger partial charge in [0.1, 0.15) is 18.0 Å². The third-order valence-electron chi connectivity index (χ3n) is 3.59. The van der Waals surface area contributed by atoms with Gasteiger partial charge >= 0.3 is 0 Å². The Morgan fingerprint density at radius 2 is 1.90 bits per heavy atom. The van der Waals surface area contributed by atoms with Crippen molar-refractivity contribution in [2.45, 2.75) is 32.0 Å². The number of amides is 1. The molecule has 0 spiro atoms. The Balaban J connectivity index is 2.23. The zero-order valence-electron chi connectivity index (χ0n) is 12.7. The Labute approximate surface area is 129 Å². The number of likely N-dealkylation sites (tertiary alicyclic amines) is 1. The van der Waals surface area contributed by atoms with E-state index in [2.05, 4.69) is 9.97 Å². The summed E-state index contributed by atoms with van der Waals surface area (Å²) >= 11 is 6.08. The summed E-state index contributed by atoms with van der Waals surface area (Å²) in [6.07, 6.45) is 1.21. The van der Waals surface area contributed by atoms with E-state index in [0.29, 0.717) is 18.9 Å². The van der Waals surface area contributed by atoms with Gasteiger partial charge in [0.25, 0.3) is 5.91 Å². The van der Waals surface area contributed by atoms with Crippen molar-refractivity contribution in [2.75, 3.05) is 27.3 Å². The van der Waals surface area contributed by atoms with E-state index in [1.807, 2.05) is 13.8 Å². The van der Waals surface area contributed by atoms with Crippen LogP contribution in [0, 0.1) is 0 Å². The molecule has 2 heterocycles. The SMILES string of the molecule is COC1CN(C(=O)c2nc(C(C)C)ncc2Cl)CC1OC. The average molecular weight is 314 g/mol. The number of carbonyl (C=O) groups is 1. The minimum atomic E-state index is -0.217. The maximum atomic E-state index is 12.6. The molecule has 1 aliphatic rings. The third-order valence-corrected chi connectivity index (χ3v) is 3.87. The number of carbonyl (C=O) groups excluding carboxylic acids is 1. The molecule has 7 heteroatoms. The Morgan fingerprint density at radius 1 is 1.33 bits per heavy atom. The van der Waals surface area contributed by atoms with E-state index in [0.717, 1.165) is 0 Å². The van der Waals surface area contributed by atoms with Crippen molar-refractivity contribution < 1.29 is 14.3 Å². The van der Waals surface area contributed by atoms with E-state index in [4.69, 9.17) is 21.1 Å². The second-order valence-electron chi connectivity index (χ2n) is 5.34. The molecule has 1 fully saturated rings. The van der Waals surface area contributed by atoms with Crippen LogP contribution in [0.4, 0.5) is 0 Å². The van der Waals surface area contributed by atoms with Gasteiger partial charge < -0.3 is 14.4 Å². The quantitative estimate of drug-likeness (QED) is 0.847. The lowest BCUT2D eigenvalue weighted by Gasteiger charge is -2.16. The maximum absolute atomic E-state index is 12.6. The summed E-state index contributed by atoms with van der Waals surface area (Å²) < 4.78 is 10.7. The molecule has 2 unspecified atom stereocenters. The Hall–Kier alpha value is -1.24. The number of nitrogens with zero attached hydrogens (tertiary/aromatic N) is 3. The predicted molar refractivity (Wildman–Crippen MR) is 78.6 cm³/mol. The molecule has 0 aromatic carbocycles. The molecule has 0 saturated carbocycles. The van der Waals surface area contributed by atoms with Gasteiger partial charge in [-0.1, -0.05) is 25.4 Å². The van der Waals surface area contributed by atoms with Crippen LogP contribution in [-0.2, 0) is 9.47 Å². The molecule has 0 bridgehead atoms. The van der Waals surface area contributed by atoms with Crippen molar-refractivity contribution in [1.82, 2.24) is 14.9 Å². The molecule has 0 aliphatic carbocycles. The molecule has 116 valence electrons. The molecule has 2 rings (SSSR count). The van der Waals surface area contributed by atoms with Crippen LogP contribution in [0.5, 0.6) is 0 Å². The van der Waals surface area contributed by atoms with Crippen LogP contribution in [0.2, 0.25) is 5.02 Å². The normalized spacial score (nSPS) is 22.1. The highest BCUT2D eigenvalue weighted by Gasteiger charge is 2.37. The van der Waals surface area contributed by atoms with Crippen molar-refractivity contribution in [3.63, 3.8) is 0 Å². The number of hydrogen-bond acceptors (Lipinski definition) is 5. The van der Waals surface area contributed by atoms with Crippen LogP contribution in [0.1, 0.15) is 36.1 Å². The predicted octanol–water partition coefficient (Wildman–Crippen LogP) is 1.74. The first-order valence-corrected chi connectivity index (χ1v) is 7.23. The van der Waals surface area contributed by atoms with Crippen LogP contribution < -0.4 is 0 Å². The molecule has 1 amide bonds. The molecule has 1 aromatic heterocycles. The smallest absolute Gasteiger partial charge is 0.274 e. The fourth-order valence-electron chi connectivity index (χ4n) is 2.32. The summed E-state index contributed by atoms with van der Waals surface area (Å²) in [4.78, 5) is 22.7. The molecule has 1 aromatic rings. The Kier molecular flexibility index (Phi) is 5.13. The Morgan fingerprint density at radius 3 is 2.38 bits per heavy atom. The van der Waals surface area contributed by atoms with Crippen LogP contribution >= 0.6 is 11.6 Å². The monoisotopic (exact) mass is 313 g/mol. The number of halogens is 1. The highest BCUT2D eigenvalue weighted by atomic mass is 35.5. The lowest BCUT2D eigenvalue weighted by atomic mass is 10.2. The largest absolute Gasteiger partial charge is 0.377 e. The van der Waals surface area contributed by atoms with Crippen LogP contribution in [0.25, 0.3) is 0 Å². The van der Waals surface area contributed by atoms with Crippen LogP contribution in [0.3, 0.4) is 0 Å². The molecule has 2 atom stereocenters. The summed E-state index contributed by atoms with van der Waals surface area (Å²) in [6.45, 7) is 4.86. The molecule has 0 N–H and O–H groups in total. The molecule has 0 radical (unpaired) electrons. The van der Waals surface area contributed by atoms with Gasteiger partial charge in [-0.15, -0.1) is 0 Å². The van der Waals surface area contributed by atoms with Gasteiger partial charge in [-0.2, -0.15) is 0 Å². The highest BCUT2D eigenvalue weighted by Crippen LogP contribution is 2.22. The van der Waals surface area contributed by atoms with Gasteiger partial charge in [0.2, 0.25) is 0 Å². The van der Waals surface area contributed by atoms with E-state index in [-0.39, 0.29) is 34.7 Å². The van der Waals surface area contributed by atoms with Crippen LogP contribution in [0.15, 0.2) is 6.20 Å². The summed E-state index contributed by atoms with van der Waals surface area (Å²) in [5.41, 5.74) is 0.238. The Bertz CT molecular complexity index is 512. The van der Waals surface area contributed by atoms with Gasteiger partial charge in [0, 0.05) is 33.2 Å². The number of hydrogen-bond donors (Lipinski definition) is 0. The lowest BCUT2D eigenvalue weighted by Crippen LogP contribution is -2.31. The minimum absolute atomic E-state index is 0.130. The van der Waals surface area contributed by atoms with Crippen molar-refractivity contribution in [3.05, 3.63) is 22.7 Å². The summed E-state index contributed by atoms with van der Waals surface area (Å²) in [5.74, 6) is 0.519. The first kappa shape index (κ1) is 16.1. The van der Waals surface area contributed by atoms with Crippen molar-refractivity contribution in [2.24, 2.45) is 0 Å². The van der Waals surface area contributed by atoms with E-state index >= 15 is 0 Å². The zero-order valence-corrected chi connectivity index (χ0v) is 13.4. The molecule has 21 heavy (non-hydrogen) atoms. The fraction of sp³-hybridized carbons (Fsp3) is 0.643. The summed E-state index contributed by atoms with van der Waals surface area (Å²) in [5, 5.41) is 0.263. The fourth-order valence-corrected chi connectivity index (χ4v) is 2.49. The third kappa shape index (κ3) is 3.33. The number of aromatic nitrogens is 2. The van der Waals surface area contributed by atoms with Gasteiger partial charge in [-0.3, -0.25) is 4.79 Å². The summed E-state index contributed by atoms with van der Waals surface area (Å²) in [6, 6.07) is 0. The van der Waals surface area contributed by atoms with E-state index in [1.54, 1.807) is 19.1 Å². The van der Waals surface area contributed by atoms with E-state index in [1.165, 1.54) is 6.20 Å². The molecular formula is C14H20ClN3O3. The number of ether oxygens (including phenoxy) is 2. The van der Waals surface area contributed by atoms with Gasteiger partial charge in [0.15, 0.2) is 5.69 Å². The van der Waals surface area contributed by atoms with E-state index in [9.17, 15) is 4.79 Å². The molecular weight excluding hydrogens is 294 g/mol. The van der Waals surface area contributed by atoms with Gasteiger partial charge in [-0.25, -0.2) is 9.97 Å². The van der Waals surface area contributed by atoms with E-state index < -0.39 is 0 Å². The topological polar surface area (TPSA) is 64.5 Å². The van der Waals surface area contributed by atoms with Crippen LogP contribution in [-0.4, -0.2) is 60.3 Å². The molecule has 1 saturated heterocycles.